The topological polar surface area (TPSA) is 102 Å². The molecular weight excluding hydrogens is 392 g/mol. The molecule has 0 N–H and O–H groups in total. The number of carbonyl (C=O) groups is 1. The van der Waals surface area contributed by atoms with Crippen molar-refractivity contribution >= 4 is 29.0 Å². The first-order chi connectivity index (χ1) is 13.9. The van der Waals surface area contributed by atoms with Gasteiger partial charge in [0.1, 0.15) is 0 Å². The summed E-state index contributed by atoms with van der Waals surface area (Å²) in [7, 11) is 0. The summed E-state index contributed by atoms with van der Waals surface area (Å²) >= 11 is 1.18. The summed E-state index contributed by atoms with van der Waals surface area (Å²) in [6.07, 6.45) is 0.830. The predicted octanol–water partition coefficient (Wildman–Crippen LogP) is 4.10. The molecule has 3 aromatic rings. The number of aromatic nitrogens is 2. The van der Waals surface area contributed by atoms with Gasteiger partial charge in [0.25, 0.3) is 10.9 Å². The number of para-hydroxylation sites is 1. The quantitative estimate of drug-likeness (QED) is 0.354. The average molecular weight is 410 g/mol. The van der Waals surface area contributed by atoms with Gasteiger partial charge in [0, 0.05) is 29.4 Å². The summed E-state index contributed by atoms with van der Waals surface area (Å²) in [5.41, 5.74) is 2.51. The molecule has 0 fully saturated rings. The van der Waals surface area contributed by atoms with Gasteiger partial charge in [0.15, 0.2) is 0 Å². The molecule has 1 aliphatic heterocycles. The van der Waals surface area contributed by atoms with Crippen molar-refractivity contribution in [3.63, 3.8) is 0 Å². The Labute approximate surface area is 171 Å². The van der Waals surface area contributed by atoms with E-state index in [1.807, 2.05) is 36.1 Å². The van der Waals surface area contributed by atoms with Crippen LogP contribution in [0.2, 0.25) is 0 Å². The molecule has 0 saturated heterocycles. The number of thioether (sulfide) groups is 1. The fourth-order valence-corrected chi connectivity index (χ4v) is 4.16. The van der Waals surface area contributed by atoms with Crippen LogP contribution in [0.1, 0.15) is 19.4 Å². The fraction of sp³-hybridized carbons (Fsp3) is 0.250. The summed E-state index contributed by atoms with van der Waals surface area (Å²) < 4.78 is 5.63. The molecule has 1 amide bonds. The standard InChI is InChI=1S/C20H18N4O4S/c1-12-10-14-6-3-4-9-17(14)23(12)19(25)13(2)29-20-22-21-18(28-20)15-7-5-8-16(11-15)24(26)27/h3-9,11-13H,10H2,1-2H3/t12-,13-/m1/s1. The number of fused-ring (bicyclic) bond motifs is 1. The van der Waals surface area contributed by atoms with Crippen LogP contribution >= 0.6 is 11.8 Å². The third-order valence-corrected chi connectivity index (χ3v) is 5.70. The summed E-state index contributed by atoms with van der Waals surface area (Å²) in [5, 5.41) is 18.7. The van der Waals surface area contributed by atoms with E-state index in [1.165, 1.54) is 23.9 Å². The molecule has 8 nitrogen and oxygen atoms in total. The normalized spacial score (nSPS) is 16.5. The van der Waals surface area contributed by atoms with Crippen LogP contribution in [-0.2, 0) is 11.2 Å². The lowest BCUT2D eigenvalue weighted by Crippen LogP contribution is -2.40. The molecule has 148 valence electrons. The van der Waals surface area contributed by atoms with Gasteiger partial charge in [-0.25, -0.2) is 0 Å². The fourth-order valence-electron chi connectivity index (χ4n) is 3.43. The summed E-state index contributed by atoms with van der Waals surface area (Å²) in [6, 6.07) is 14.0. The van der Waals surface area contributed by atoms with E-state index in [1.54, 1.807) is 19.1 Å². The number of rotatable bonds is 5. The number of anilines is 1. The van der Waals surface area contributed by atoms with Crippen LogP contribution < -0.4 is 4.90 Å². The lowest BCUT2D eigenvalue weighted by atomic mass is 10.1. The number of nitro benzene ring substituents is 1. The van der Waals surface area contributed by atoms with Crippen molar-refractivity contribution in [1.82, 2.24) is 10.2 Å². The van der Waals surface area contributed by atoms with Crippen LogP contribution in [0.4, 0.5) is 11.4 Å². The second-order valence-corrected chi connectivity index (χ2v) is 8.12. The first-order valence-electron chi connectivity index (χ1n) is 9.10. The molecule has 1 aliphatic rings. The second-order valence-electron chi connectivity index (χ2n) is 6.83. The van der Waals surface area contributed by atoms with Crippen molar-refractivity contribution < 1.29 is 14.1 Å². The Morgan fingerprint density at radius 3 is 2.86 bits per heavy atom. The van der Waals surface area contributed by atoms with E-state index in [4.69, 9.17) is 4.42 Å². The van der Waals surface area contributed by atoms with Gasteiger partial charge in [-0.3, -0.25) is 14.9 Å². The zero-order valence-electron chi connectivity index (χ0n) is 15.8. The highest BCUT2D eigenvalue weighted by atomic mass is 32.2. The monoisotopic (exact) mass is 410 g/mol. The van der Waals surface area contributed by atoms with E-state index < -0.39 is 10.2 Å². The third kappa shape index (κ3) is 3.73. The summed E-state index contributed by atoms with van der Waals surface area (Å²) in [6.45, 7) is 3.83. The minimum atomic E-state index is -0.481. The Bertz CT molecular complexity index is 1080. The predicted molar refractivity (Wildman–Crippen MR) is 109 cm³/mol. The van der Waals surface area contributed by atoms with Gasteiger partial charge in [-0.15, -0.1) is 10.2 Å². The first-order valence-corrected chi connectivity index (χ1v) is 9.98. The van der Waals surface area contributed by atoms with E-state index >= 15 is 0 Å². The minimum Gasteiger partial charge on any atom is -0.411 e. The van der Waals surface area contributed by atoms with Crippen molar-refractivity contribution in [3.8, 4) is 11.5 Å². The van der Waals surface area contributed by atoms with Crippen molar-refractivity contribution in [3.05, 3.63) is 64.2 Å². The van der Waals surface area contributed by atoms with Crippen LogP contribution in [0.15, 0.2) is 58.2 Å². The molecule has 2 heterocycles. The number of non-ortho nitro benzene ring substituents is 1. The lowest BCUT2D eigenvalue weighted by molar-refractivity contribution is -0.384. The maximum absolute atomic E-state index is 13.1. The van der Waals surface area contributed by atoms with Crippen molar-refractivity contribution in [2.24, 2.45) is 0 Å². The SMILES string of the molecule is C[C@@H]1Cc2ccccc2N1C(=O)[C@@H](C)Sc1nnc(-c2cccc([N+](=O)[O-])c2)o1. The Kier molecular flexibility index (Phi) is 5.06. The summed E-state index contributed by atoms with van der Waals surface area (Å²) in [5.74, 6) is 0.151. The average Bonchev–Trinajstić information content (AvgIpc) is 3.31. The maximum atomic E-state index is 13.1. The molecule has 1 aromatic heterocycles. The van der Waals surface area contributed by atoms with Crippen LogP contribution in [0, 0.1) is 10.1 Å². The van der Waals surface area contributed by atoms with Crippen LogP contribution in [0.5, 0.6) is 0 Å². The first kappa shape index (κ1) is 19.1. The van der Waals surface area contributed by atoms with Crippen LogP contribution in [-0.4, -0.2) is 32.3 Å². The smallest absolute Gasteiger partial charge is 0.277 e. The maximum Gasteiger partial charge on any atom is 0.277 e. The van der Waals surface area contributed by atoms with Crippen molar-refractivity contribution in [2.45, 2.75) is 36.8 Å². The molecule has 2 aromatic carbocycles. The van der Waals surface area contributed by atoms with Gasteiger partial charge in [-0.2, -0.15) is 0 Å². The minimum absolute atomic E-state index is 0.0254. The Balaban J connectivity index is 1.50. The number of amides is 1. The Morgan fingerprint density at radius 1 is 1.28 bits per heavy atom. The third-order valence-electron chi connectivity index (χ3n) is 4.78. The molecule has 0 bridgehead atoms. The van der Waals surface area contributed by atoms with E-state index in [0.717, 1.165) is 17.7 Å². The van der Waals surface area contributed by atoms with Crippen LogP contribution in [0.3, 0.4) is 0 Å². The molecule has 0 unspecified atom stereocenters. The zero-order chi connectivity index (χ0) is 20.5. The molecule has 0 radical (unpaired) electrons. The van der Waals surface area contributed by atoms with Gasteiger partial charge in [0.2, 0.25) is 11.8 Å². The molecule has 0 spiro atoms. The molecule has 9 heteroatoms. The van der Waals surface area contributed by atoms with Crippen molar-refractivity contribution in [1.29, 1.82) is 0 Å². The van der Waals surface area contributed by atoms with Gasteiger partial charge < -0.3 is 9.32 Å². The highest BCUT2D eigenvalue weighted by molar-refractivity contribution is 8.00. The van der Waals surface area contributed by atoms with Gasteiger partial charge in [-0.1, -0.05) is 36.0 Å². The largest absolute Gasteiger partial charge is 0.411 e. The lowest BCUT2D eigenvalue weighted by Gasteiger charge is -2.25. The summed E-state index contributed by atoms with van der Waals surface area (Å²) in [4.78, 5) is 25.3. The van der Waals surface area contributed by atoms with Crippen LogP contribution in [0.25, 0.3) is 11.5 Å². The van der Waals surface area contributed by atoms with E-state index in [0.29, 0.717) is 5.56 Å². The molecular formula is C20H18N4O4S. The van der Waals surface area contributed by atoms with Gasteiger partial charge in [0.05, 0.1) is 10.2 Å². The van der Waals surface area contributed by atoms with E-state index in [9.17, 15) is 14.9 Å². The van der Waals surface area contributed by atoms with E-state index in [2.05, 4.69) is 10.2 Å². The second kappa shape index (κ2) is 7.67. The Hall–Kier alpha value is -3.20. The number of carbonyl (C=O) groups excluding carboxylic acids is 1. The number of nitro groups is 1. The highest BCUT2D eigenvalue weighted by Crippen LogP contribution is 2.35. The molecule has 29 heavy (non-hydrogen) atoms. The van der Waals surface area contributed by atoms with Gasteiger partial charge in [-0.05, 0) is 38.0 Å². The van der Waals surface area contributed by atoms with Crippen molar-refractivity contribution in [2.75, 3.05) is 4.90 Å². The molecule has 2 atom stereocenters. The number of nitrogens with zero attached hydrogens (tertiary/aromatic N) is 4. The van der Waals surface area contributed by atoms with E-state index in [-0.39, 0.29) is 28.7 Å². The molecule has 4 rings (SSSR count). The highest BCUT2D eigenvalue weighted by Gasteiger charge is 2.34. The number of hydrogen-bond acceptors (Lipinski definition) is 7. The van der Waals surface area contributed by atoms with Gasteiger partial charge >= 0.3 is 0 Å². The number of benzene rings is 2. The molecule has 0 aliphatic carbocycles. The molecule has 0 saturated carbocycles. The Morgan fingerprint density at radius 2 is 2.07 bits per heavy atom. The zero-order valence-corrected chi connectivity index (χ0v) is 16.6. The number of hydrogen-bond donors (Lipinski definition) is 0.